The van der Waals surface area contributed by atoms with E-state index in [9.17, 15) is 9.59 Å². The maximum absolute atomic E-state index is 12.2. The highest BCUT2D eigenvalue weighted by Gasteiger charge is 2.22. The van der Waals surface area contributed by atoms with Crippen molar-refractivity contribution in [2.75, 3.05) is 20.8 Å². The third-order valence-corrected chi connectivity index (χ3v) is 4.75. The average Bonchev–Trinajstić information content (AvgIpc) is 2.77. The van der Waals surface area contributed by atoms with Crippen molar-refractivity contribution in [3.05, 3.63) is 59.7 Å². The van der Waals surface area contributed by atoms with E-state index in [-0.39, 0.29) is 24.8 Å². The van der Waals surface area contributed by atoms with E-state index < -0.39 is 0 Å². The van der Waals surface area contributed by atoms with Crippen molar-refractivity contribution in [2.45, 2.75) is 25.8 Å². The summed E-state index contributed by atoms with van der Waals surface area (Å²) in [5.74, 6) is 1.29. The fraction of sp³-hybridized carbons (Fsp3) is 0.318. The fourth-order valence-corrected chi connectivity index (χ4v) is 3.10. The van der Waals surface area contributed by atoms with Crippen molar-refractivity contribution < 1.29 is 19.1 Å². The molecule has 3 rings (SSSR count). The maximum atomic E-state index is 12.2. The second-order valence-corrected chi connectivity index (χ2v) is 6.63. The molecule has 0 aromatic heterocycles. The van der Waals surface area contributed by atoms with E-state index in [1.54, 1.807) is 14.2 Å². The van der Waals surface area contributed by atoms with Crippen LogP contribution >= 0.6 is 0 Å². The Kier molecular flexibility index (Phi) is 6.84. The molecular weight excluding hydrogens is 370 g/mol. The number of methoxy groups -OCH3 is 2. The summed E-state index contributed by atoms with van der Waals surface area (Å²) in [6.07, 6.45) is 1.15. The Balaban J connectivity index is 1.56. The Morgan fingerprint density at radius 2 is 1.83 bits per heavy atom. The zero-order chi connectivity index (χ0) is 20.6. The van der Waals surface area contributed by atoms with Crippen molar-refractivity contribution in [3.8, 4) is 11.5 Å². The maximum Gasteiger partial charge on any atom is 0.243 e. The van der Waals surface area contributed by atoms with Gasteiger partial charge in [0.2, 0.25) is 11.8 Å². The highest BCUT2D eigenvalue weighted by Crippen LogP contribution is 2.19. The van der Waals surface area contributed by atoms with Crippen LogP contribution in [0, 0.1) is 0 Å². The lowest BCUT2D eigenvalue weighted by atomic mass is 10.0. The first-order valence-electron chi connectivity index (χ1n) is 9.51. The molecule has 29 heavy (non-hydrogen) atoms. The molecule has 0 saturated heterocycles. The molecule has 0 radical (unpaired) electrons. The molecular formula is C22H25N3O4. The number of carbonyl (C=O) groups excluding carboxylic acids is 2. The van der Waals surface area contributed by atoms with Gasteiger partial charge in [0.15, 0.2) is 0 Å². The molecule has 0 bridgehead atoms. The second-order valence-electron chi connectivity index (χ2n) is 6.63. The molecule has 1 aliphatic rings. The van der Waals surface area contributed by atoms with Crippen LogP contribution in [0.4, 0.5) is 0 Å². The van der Waals surface area contributed by atoms with Gasteiger partial charge in [0, 0.05) is 31.4 Å². The molecule has 152 valence electrons. The quantitative estimate of drug-likeness (QED) is 0.745. The van der Waals surface area contributed by atoms with E-state index in [1.807, 2.05) is 48.5 Å². The van der Waals surface area contributed by atoms with Crippen molar-refractivity contribution >= 4 is 17.5 Å². The highest BCUT2D eigenvalue weighted by molar-refractivity contribution is 6.04. The summed E-state index contributed by atoms with van der Waals surface area (Å²) in [6.45, 7) is 0.618. The van der Waals surface area contributed by atoms with Gasteiger partial charge in [-0.2, -0.15) is 5.10 Å². The molecule has 1 N–H and O–H groups in total. The summed E-state index contributed by atoms with van der Waals surface area (Å²) in [6, 6.07) is 15.1. The van der Waals surface area contributed by atoms with Crippen LogP contribution in [0.5, 0.6) is 11.5 Å². The predicted octanol–water partition coefficient (Wildman–Crippen LogP) is 2.74. The number of ether oxygens (including phenoxy) is 2. The molecule has 2 aromatic carbocycles. The Labute approximate surface area is 170 Å². The smallest absolute Gasteiger partial charge is 0.243 e. The van der Waals surface area contributed by atoms with E-state index in [4.69, 9.17) is 9.47 Å². The van der Waals surface area contributed by atoms with Gasteiger partial charge in [0.1, 0.15) is 11.5 Å². The first-order chi connectivity index (χ1) is 14.1. The molecule has 0 unspecified atom stereocenters. The lowest BCUT2D eigenvalue weighted by Crippen LogP contribution is -2.35. The monoisotopic (exact) mass is 395 g/mol. The highest BCUT2D eigenvalue weighted by atomic mass is 16.5. The van der Waals surface area contributed by atoms with Crippen LogP contribution in [0.2, 0.25) is 0 Å². The lowest BCUT2D eigenvalue weighted by Gasteiger charge is -2.23. The van der Waals surface area contributed by atoms with E-state index in [1.165, 1.54) is 5.01 Å². The van der Waals surface area contributed by atoms with Gasteiger partial charge in [-0.1, -0.05) is 18.2 Å². The second kappa shape index (κ2) is 9.73. The third-order valence-electron chi connectivity index (χ3n) is 4.75. The summed E-state index contributed by atoms with van der Waals surface area (Å²) in [4.78, 5) is 24.4. The van der Waals surface area contributed by atoms with Crippen LogP contribution in [0.25, 0.3) is 0 Å². The van der Waals surface area contributed by atoms with Crippen molar-refractivity contribution in [3.63, 3.8) is 0 Å². The van der Waals surface area contributed by atoms with Crippen LogP contribution in [-0.2, 0) is 16.1 Å². The zero-order valence-electron chi connectivity index (χ0n) is 16.7. The SMILES string of the molecule is COc1ccc(C2=NN(CCC(=O)NCc3ccccc3OC)C(=O)CC2)cc1. The van der Waals surface area contributed by atoms with E-state index >= 15 is 0 Å². The minimum absolute atomic E-state index is 0.0696. The molecule has 0 saturated carbocycles. The van der Waals surface area contributed by atoms with Gasteiger partial charge in [0.25, 0.3) is 0 Å². The zero-order valence-corrected chi connectivity index (χ0v) is 16.7. The number of rotatable bonds is 8. The van der Waals surface area contributed by atoms with Gasteiger partial charge >= 0.3 is 0 Å². The van der Waals surface area contributed by atoms with Crippen LogP contribution in [-0.4, -0.2) is 43.3 Å². The Bertz CT molecular complexity index is 893. The number of hydrogen-bond acceptors (Lipinski definition) is 5. The predicted molar refractivity (Wildman–Crippen MR) is 110 cm³/mol. The first-order valence-corrected chi connectivity index (χ1v) is 9.51. The van der Waals surface area contributed by atoms with Gasteiger partial charge in [-0.25, -0.2) is 5.01 Å². The molecule has 0 spiro atoms. The molecule has 7 nitrogen and oxygen atoms in total. The number of benzene rings is 2. The van der Waals surface area contributed by atoms with Gasteiger partial charge in [-0.15, -0.1) is 0 Å². The van der Waals surface area contributed by atoms with E-state index in [0.29, 0.717) is 19.4 Å². The standard InChI is InChI=1S/C22H25N3O4/c1-28-18-9-7-16(8-10-18)19-11-12-22(27)25(24-19)14-13-21(26)23-15-17-5-3-4-6-20(17)29-2/h3-10H,11-15H2,1-2H3,(H,23,26). The van der Waals surface area contributed by atoms with Crippen LogP contribution < -0.4 is 14.8 Å². The van der Waals surface area contributed by atoms with E-state index in [2.05, 4.69) is 10.4 Å². The normalized spacial score (nSPS) is 13.7. The Morgan fingerprint density at radius 1 is 1.07 bits per heavy atom. The number of amides is 2. The van der Waals surface area contributed by atoms with Gasteiger partial charge in [-0.3, -0.25) is 9.59 Å². The Hall–Kier alpha value is -3.35. The number of para-hydroxylation sites is 1. The molecule has 0 aliphatic carbocycles. The fourth-order valence-electron chi connectivity index (χ4n) is 3.10. The minimum atomic E-state index is -0.143. The van der Waals surface area contributed by atoms with Gasteiger partial charge in [-0.05, 0) is 35.9 Å². The largest absolute Gasteiger partial charge is 0.497 e. The summed E-state index contributed by atoms with van der Waals surface area (Å²) in [7, 11) is 3.22. The van der Waals surface area contributed by atoms with Crippen LogP contribution in [0.3, 0.4) is 0 Å². The number of carbonyl (C=O) groups is 2. The average molecular weight is 395 g/mol. The summed E-state index contributed by atoms with van der Waals surface area (Å²) in [5, 5.41) is 8.72. The summed E-state index contributed by atoms with van der Waals surface area (Å²) < 4.78 is 10.5. The van der Waals surface area contributed by atoms with Crippen molar-refractivity contribution in [1.29, 1.82) is 0 Å². The lowest BCUT2D eigenvalue weighted by molar-refractivity contribution is -0.132. The van der Waals surface area contributed by atoms with Gasteiger partial charge < -0.3 is 14.8 Å². The first kappa shape index (κ1) is 20.4. The number of nitrogens with zero attached hydrogens (tertiary/aromatic N) is 2. The molecule has 0 fully saturated rings. The van der Waals surface area contributed by atoms with Crippen LogP contribution in [0.15, 0.2) is 53.6 Å². The molecule has 0 atom stereocenters. The number of nitrogens with one attached hydrogen (secondary N) is 1. The topological polar surface area (TPSA) is 80.2 Å². The van der Waals surface area contributed by atoms with Gasteiger partial charge in [0.05, 0.1) is 26.5 Å². The molecule has 7 heteroatoms. The van der Waals surface area contributed by atoms with Crippen molar-refractivity contribution in [1.82, 2.24) is 10.3 Å². The molecule has 2 amide bonds. The molecule has 1 aliphatic heterocycles. The minimum Gasteiger partial charge on any atom is -0.497 e. The molecule has 1 heterocycles. The summed E-state index contributed by atoms with van der Waals surface area (Å²) >= 11 is 0. The van der Waals surface area contributed by atoms with Crippen LogP contribution in [0.1, 0.15) is 30.4 Å². The Morgan fingerprint density at radius 3 is 2.55 bits per heavy atom. The van der Waals surface area contributed by atoms with Crippen molar-refractivity contribution in [2.24, 2.45) is 5.10 Å². The third kappa shape index (κ3) is 5.34. The number of hydrogen-bond donors (Lipinski definition) is 1. The molecule has 2 aromatic rings. The van der Waals surface area contributed by atoms with E-state index in [0.717, 1.165) is 28.3 Å². The summed E-state index contributed by atoms with van der Waals surface area (Å²) in [5.41, 5.74) is 2.68. The number of hydrazone groups is 1.